The monoisotopic (exact) mass is 369 g/mol. The van der Waals surface area contributed by atoms with E-state index in [-0.39, 0.29) is 17.5 Å². The molecule has 21 heavy (non-hydrogen) atoms. The molecular formula is C13H12BrN3O3S. The summed E-state index contributed by atoms with van der Waals surface area (Å²) < 4.78 is 0.924. The standard InChI is InChI=1S/C13H12BrN3O3S/c1-7-11(12(18)19)21-10(16-7)6-15-13(20)17-9-4-2-8(14)3-5-9/h2-5H,6H2,1H3,(H,18,19)(H2,15,17,20). The number of aryl methyl sites for hydroxylation is 1. The van der Waals surface area contributed by atoms with E-state index in [4.69, 9.17) is 5.11 Å². The average molecular weight is 370 g/mol. The van der Waals surface area contributed by atoms with E-state index in [9.17, 15) is 9.59 Å². The molecule has 0 aliphatic rings. The zero-order chi connectivity index (χ0) is 15.4. The number of thiazole rings is 1. The number of aromatic nitrogens is 1. The zero-order valence-corrected chi connectivity index (χ0v) is 13.4. The van der Waals surface area contributed by atoms with E-state index in [0.717, 1.165) is 15.8 Å². The minimum Gasteiger partial charge on any atom is -0.477 e. The van der Waals surface area contributed by atoms with Gasteiger partial charge in [-0.1, -0.05) is 15.9 Å². The van der Waals surface area contributed by atoms with E-state index in [1.165, 1.54) is 0 Å². The first-order valence-corrected chi connectivity index (χ1v) is 7.56. The number of amides is 2. The van der Waals surface area contributed by atoms with Crippen LogP contribution in [-0.4, -0.2) is 22.1 Å². The van der Waals surface area contributed by atoms with Crippen LogP contribution in [0.4, 0.5) is 10.5 Å². The highest BCUT2D eigenvalue weighted by Gasteiger charge is 2.14. The molecule has 6 nitrogen and oxygen atoms in total. The second-order valence-electron chi connectivity index (χ2n) is 4.14. The fraction of sp³-hybridized carbons (Fsp3) is 0.154. The number of urea groups is 1. The summed E-state index contributed by atoms with van der Waals surface area (Å²) in [4.78, 5) is 26.9. The Morgan fingerprint density at radius 2 is 2.00 bits per heavy atom. The van der Waals surface area contributed by atoms with E-state index in [2.05, 4.69) is 31.5 Å². The van der Waals surface area contributed by atoms with Gasteiger partial charge >= 0.3 is 12.0 Å². The molecule has 3 N–H and O–H groups in total. The number of hydrogen-bond donors (Lipinski definition) is 3. The third-order valence-corrected chi connectivity index (χ3v) is 4.21. The van der Waals surface area contributed by atoms with Crippen LogP contribution in [0.15, 0.2) is 28.7 Å². The van der Waals surface area contributed by atoms with Crippen molar-refractivity contribution in [1.29, 1.82) is 0 Å². The second kappa shape index (κ2) is 6.68. The van der Waals surface area contributed by atoms with Gasteiger partial charge in [0.15, 0.2) is 0 Å². The zero-order valence-electron chi connectivity index (χ0n) is 11.0. The first-order chi connectivity index (χ1) is 9.95. The van der Waals surface area contributed by atoms with Crippen molar-refractivity contribution in [2.75, 3.05) is 5.32 Å². The number of carbonyl (C=O) groups excluding carboxylic acids is 1. The molecule has 1 aromatic heterocycles. The molecule has 0 fully saturated rings. The Bertz CT molecular complexity index is 670. The summed E-state index contributed by atoms with van der Waals surface area (Å²) in [5, 5.41) is 14.8. The third-order valence-electron chi connectivity index (χ3n) is 2.54. The average Bonchev–Trinajstić information content (AvgIpc) is 2.81. The predicted molar refractivity (Wildman–Crippen MR) is 83.8 cm³/mol. The highest BCUT2D eigenvalue weighted by atomic mass is 79.9. The van der Waals surface area contributed by atoms with Crippen LogP contribution in [-0.2, 0) is 6.54 Å². The van der Waals surface area contributed by atoms with Crippen molar-refractivity contribution in [1.82, 2.24) is 10.3 Å². The SMILES string of the molecule is Cc1nc(CNC(=O)Nc2ccc(Br)cc2)sc1C(=O)O. The number of aromatic carboxylic acids is 1. The molecule has 2 aromatic rings. The molecule has 1 aromatic carbocycles. The molecular weight excluding hydrogens is 358 g/mol. The number of benzene rings is 1. The lowest BCUT2D eigenvalue weighted by atomic mass is 10.3. The quantitative estimate of drug-likeness (QED) is 0.771. The fourth-order valence-corrected chi connectivity index (χ4v) is 2.70. The van der Waals surface area contributed by atoms with Crippen LogP contribution in [0.3, 0.4) is 0 Å². The topological polar surface area (TPSA) is 91.3 Å². The largest absolute Gasteiger partial charge is 0.477 e. The van der Waals surface area contributed by atoms with Crippen molar-refractivity contribution in [3.05, 3.63) is 44.3 Å². The van der Waals surface area contributed by atoms with Gasteiger partial charge in [-0.15, -0.1) is 11.3 Å². The maximum Gasteiger partial charge on any atom is 0.347 e. The fourth-order valence-electron chi connectivity index (χ4n) is 1.59. The Balaban J connectivity index is 1.90. The van der Waals surface area contributed by atoms with Crippen molar-refractivity contribution < 1.29 is 14.7 Å². The molecule has 2 amide bonds. The van der Waals surface area contributed by atoms with Crippen LogP contribution in [0.25, 0.3) is 0 Å². The maximum absolute atomic E-state index is 11.7. The number of nitrogens with one attached hydrogen (secondary N) is 2. The van der Waals surface area contributed by atoms with Gasteiger partial charge < -0.3 is 15.7 Å². The first kappa shape index (κ1) is 15.5. The molecule has 0 atom stereocenters. The molecule has 8 heteroatoms. The van der Waals surface area contributed by atoms with Crippen LogP contribution in [0.2, 0.25) is 0 Å². The van der Waals surface area contributed by atoms with Crippen LogP contribution in [0.5, 0.6) is 0 Å². The van der Waals surface area contributed by atoms with Crippen LogP contribution in [0.1, 0.15) is 20.4 Å². The Morgan fingerprint density at radius 3 is 2.57 bits per heavy atom. The van der Waals surface area contributed by atoms with Gasteiger partial charge in [-0.05, 0) is 31.2 Å². The van der Waals surface area contributed by atoms with Gasteiger partial charge in [-0.3, -0.25) is 0 Å². The Morgan fingerprint density at radius 1 is 1.33 bits per heavy atom. The number of halogens is 1. The van der Waals surface area contributed by atoms with Crippen LogP contribution < -0.4 is 10.6 Å². The van der Waals surface area contributed by atoms with E-state index >= 15 is 0 Å². The molecule has 2 rings (SSSR count). The molecule has 0 spiro atoms. The predicted octanol–water partition coefficient (Wildman–Crippen LogP) is 3.23. The van der Waals surface area contributed by atoms with Crippen LogP contribution in [0, 0.1) is 6.92 Å². The highest BCUT2D eigenvalue weighted by Crippen LogP contribution is 2.18. The van der Waals surface area contributed by atoms with Crippen molar-refractivity contribution in [2.45, 2.75) is 13.5 Å². The van der Waals surface area contributed by atoms with Gasteiger partial charge in [-0.2, -0.15) is 0 Å². The number of rotatable bonds is 4. The lowest BCUT2D eigenvalue weighted by Gasteiger charge is -2.06. The van der Waals surface area contributed by atoms with Gasteiger partial charge in [0.2, 0.25) is 0 Å². The molecule has 0 radical (unpaired) electrons. The van der Waals surface area contributed by atoms with E-state index in [1.54, 1.807) is 19.1 Å². The molecule has 0 aliphatic carbocycles. The molecule has 0 saturated heterocycles. The molecule has 0 aliphatic heterocycles. The molecule has 110 valence electrons. The Hall–Kier alpha value is -1.93. The summed E-state index contributed by atoms with van der Waals surface area (Å²) in [6, 6.07) is 6.79. The number of carboxylic acid groups (broad SMARTS) is 1. The normalized spacial score (nSPS) is 10.2. The smallest absolute Gasteiger partial charge is 0.347 e. The van der Waals surface area contributed by atoms with Crippen molar-refractivity contribution in [2.24, 2.45) is 0 Å². The Kier molecular flexibility index (Phi) is 4.92. The summed E-state index contributed by atoms with van der Waals surface area (Å²) in [5.41, 5.74) is 1.12. The summed E-state index contributed by atoms with van der Waals surface area (Å²) in [6.07, 6.45) is 0. The van der Waals surface area contributed by atoms with Gasteiger partial charge in [0, 0.05) is 10.2 Å². The van der Waals surface area contributed by atoms with Gasteiger partial charge in [-0.25, -0.2) is 14.6 Å². The lowest BCUT2D eigenvalue weighted by Crippen LogP contribution is -2.28. The first-order valence-electron chi connectivity index (χ1n) is 5.95. The number of nitrogens with zero attached hydrogens (tertiary/aromatic N) is 1. The van der Waals surface area contributed by atoms with E-state index < -0.39 is 5.97 Å². The molecule has 0 unspecified atom stereocenters. The lowest BCUT2D eigenvalue weighted by molar-refractivity contribution is 0.0701. The molecule has 1 heterocycles. The summed E-state index contributed by atoms with van der Waals surface area (Å²) in [7, 11) is 0. The van der Waals surface area contributed by atoms with Crippen molar-refractivity contribution in [3.8, 4) is 0 Å². The Labute approximate surface area is 133 Å². The van der Waals surface area contributed by atoms with Crippen molar-refractivity contribution in [3.63, 3.8) is 0 Å². The maximum atomic E-state index is 11.7. The highest BCUT2D eigenvalue weighted by molar-refractivity contribution is 9.10. The number of carbonyl (C=O) groups is 2. The minimum absolute atomic E-state index is 0.182. The minimum atomic E-state index is -1.00. The molecule has 0 bridgehead atoms. The summed E-state index contributed by atoms with van der Waals surface area (Å²) in [6.45, 7) is 1.81. The van der Waals surface area contributed by atoms with Gasteiger partial charge in [0.1, 0.15) is 9.88 Å². The van der Waals surface area contributed by atoms with Crippen molar-refractivity contribution >= 4 is 45.0 Å². The number of carboxylic acids is 1. The molecule has 0 saturated carbocycles. The summed E-state index contributed by atoms with van der Waals surface area (Å²) in [5.74, 6) is -1.00. The van der Waals surface area contributed by atoms with Gasteiger partial charge in [0.25, 0.3) is 0 Å². The van der Waals surface area contributed by atoms with Gasteiger partial charge in [0.05, 0.1) is 12.2 Å². The second-order valence-corrected chi connectivity index (χ2v) is 6.14. The van der Waals surface area contributed by atoms with E-state index in [0.29, 0.717) is 16.4 Å². The number of hydrogen-bond acceptors (Lipinski definition) is 4. The van der Waals surface area contributed by atoms with E-state index in [1.807, 2.05) is 12.1 Å². The van der Waals surface area contributed by atoms with Crippen LogP contribution >= 0.6 is 27.3 Å². The summed E-state index contributed by atoms with van der Waals surface area (Å²) >= 11 is 4.37. The third kappa shape index (κ3) is 4.27. The number of anilines is 1.